The molecule has 0 aliphatic heterocycles. The van der Waals surface area contributed by atoms with Crippen LogP contribution < -0.4 is 0 Å². The predicted octanol–water partition coefficient (Wildman–Crippen LogP) is 4.20. The summed E-state index contributed by atoms with van der Waals surface area (Å²) in [6.07, 6.45) is 1.79. The van der Waals surface area contributed by atoms with E-state index < -0.39 is 0 Å². The lowest BCUT2D eigenvalue weighted by Gasteiger charge is -2.09. The van der Waals surface area contributed by atoms with Gasteiger partial charge in [0.15, 0.2) is 5.82 Å². The van der Waals surface area contributed by atoms with Crippen molar-refractivity contribution in [1.29, 1.82) is 0 Å². The highest BCUT2D eigenvalue weighted by atomic mass is 19.1. The van der Waals surface area contributed by atoms with Crippen molar-refractivity contribution in [3.63, 3.8) is 0 Å². The first-order valence-corrected chi connectivity index (χ1v) is 6.81. The van der Waals surface area contributed by atoms with Crippen molar-refractivity contribution in [3.05, 3.63) is 59.2 Å². The van der Waals surface area contributed by atoms with E-state index in [0.29, 0.717) is 11.4 Å². The van der Waals surface area contributed by atoms with Gasteiger partial charge in [0.2, 0.25) is 0 Å². The first kappa shape index (κ1) is 13.5. The topological polar surface area (TPSA) is 41.6 Å². The first-order valence-electron chi connectivity index (χ1n) is 6.81. The van der Waals surface area contributed by atoms with E-state index in [1.165, 1.54) is 5.56 Å². The largest absolute Gasteiger partial charge is 0.279 e. The zero-order chi connectivity index (χ0) is 15.0. The van der Waals surface area contributed by atoms with Gasteiger partial charge >= 0.3 is 0 Å². The molecule has 1 aromatic carbocycles. The molecule has 21 heavy (non-hydrogen) atoms. The number of halogens is 1. The lowest BCUT2D eigenvalue weighted by atomic mass is 9.98. The molecule has 1 N–H and O–H groups in total. The van der Waals surface area contributed by atoms with Gasteiger partial charge in [0.25, 0.3) is 0 Å². The van der Waals surface area contributed by atoms with Gasteiger partial charge in [-0.15, -0.1) is 0 Å². The third-order valence-corrected chi connectivity index (χ3v) is 3.66. The number of benzene rings is 1. The highest BCUT2D eigenvalue weighted by molar-refractivity contribution is 5.72. The number of hydrogen-bond donors (Lipinski definition) is 1. The van der Waals surface area contributed by atoms with E-state index in [1.807, 2.05) is 25.1 Å². The molecule has 0 atom stereocenters. The van der Waals surface area contributed by atoms with Crippen LogP contribution in [0.15, 0.2) is 36.5 Å². The van der Waals surface area contributed by atoms with Gasteiger partial charge in [0.1, 0.15) is 5.69 Å². The molecule has 3 nitrogen and oxygen atoms in total. The molecule has 0 unspecified atom stereocenters. The molecular weight excluding hydrogens is 265 g/mol. The van der Waals surface area contributed by atoms with Gasteiger partial charge in [-0.25, -0.2) is 4.39 Å². The van der Waals surface area contributed by atoms with Crippen molar-refractivity contribution >= 4 is 0 Å². The number of aryl methyl sites for hydroxylation is 3. The second kappa shape index (κ2) is 5.13. The van der Waals surface area contributed by atoms with Crippen molar-refractivity contribution in [2.75, 3.05) is 0 Å². The Hall–Kier alpha value is -2.49. The molecule has 0 amide bonds. The molecule has 0 aliphatic rings. The lowest BCUT2D eigenvalue weighted by Crippen LogP contribution is -1.93. The maximum absolute atomic E-state index is 13.9. The summed E-state index contributed by atoms with van der Waals surface area (Å²) in [6, 6.07) is 10.0. The quantitative estimate of drug-likeness (QED) is 0.764. The van der Waals surface area contributed by atoms with Gasteiger partial charge in [-0.05, 0) is 43.5 Å². The number of H-pyrrole nitrogens is 1. The Morgan fingerprint density at radius 2 is 1.76 bits per heavy atom. The molecule has 2 heterocycles. The third kappa shape index (κ3) is 2.33. The second-order valence-electron chi connectivity index (χ2n) is 5.21. The van der Waals surface area contributed by atoms with Gasteiger partial charge in [0.05, 0.1) is 11.4 Å². The van der Waals surface area contributed by atoms with E-state index in [2.05, 4.69) is 34.2 Å². The summed E-state index contributed by atoms with van der Waals surface area (Å²) >= 11 is 0. The lowest BCUT2D eigenvalue weighted by molar-refractivity contribution is 0.622. The van der Waals surface area contributed by atoms with Crippen LogP contribution in [0.5, 0.6) is 0 Å². The minimum absolute atomic E-state index is 0.270. The Morgan fingerprint density at radius 1 is 1.00 bits per heavy atom. The standard InChI is InChI=1S/C17H16FN3/c1-10-6-4-5-7-13(10)14-9-19-15(8-11(14)2)17-16(18)12(3)20-21-17/h4-9H,1-3H3,(H,20,21). The Balaban J connectivity index is 2.09. The van der Waals surface area contributed by atoms with Gasteiger partial charge in [-0.1, -0.05) is 24.3 Å². The number of hydrogen-bond acceptors (Lipinski definition) is 2. The molecule has 0 bridgehead atoms. The summed E-state index contributed by atoms with van der Waals surface area (Å²) in [6.45, 7) is 5.73. The van der Waals surface area contributed by atoms with E-state index in [-0.39, 0.29) is 11.5 Å². The van der Waals surface area contributed by atoms with Crippen molar-refractivity contribution in [2.45, 2.75) is 20.8 Å². The van der Waals surface area contributed by atoms with Crippen LogP contribution in [0.2, 0.25) is 0 Å². The van der Waals surface area contributed by atoms with Gasteiger partial charge in [-0.2, -0.15) is 5.10 Å². The van der Waals surface area contributed by atoms with E-state index in [4.69, 9.17) is 0 Å². The third-order valence-electron chi connectivity index (χ3n) is 3.66. The average Bonchev–Trinajstić information content (AvgIpc) is 2.80. The minimum Gasteiger partial charge on any atom is -0.279 e. The smallest absolute Gasteiger partial charge is 0.173 e. The summed E-state index contributed by atoms with van der Waals surface area (Å²) in [5, 5.41) is 6.63. The fraction of sp³-hybridized carbons (Fsp3) is 0.176. The summed E-state index contributed by atoms with van der Waals surface area (Å²) in [5.74, 6) is -0.342. The zero-order valence-electron chi connectivity index (χ0n) is 12.2. The maximum Gasteiger partial charge on any atom is 0.173 e. The molecule has 3 aromatic rings. The van der Waals surface area contributed by atoms with Crippen molar-refractivity contribution in [2.24, 2.45) is 0 Å². The van der Waals surface area contributed by atoms with E-state index in [1.54, 1.807) is 13.1 Å². The molecule has 0 saturated carbocycles. The maximum atomic E-state index is 13.9. The number of aromatic amines is 1. The summed E-state index contributed by atoms with van der Waals surface area (Å²) in [7, 11) is 0. The summed E-state index contributed by atoms with van der Waals surface area (Å²) < 4.78 is 13.9. The Morgan fingerprint density at radius 3 is 2.38 bits per heavy atom. The van der Waals surface area contributed by atoms with E-state index >= 15 is 0 Å². The number of pyridine rings is 1. The van der Waals surface area contributed by atoms with Gasteiger partial charge in [0, 0.05) is 11.8 Å². The minimum atomic E-state index is -0.342. The summed E-state index contributed by atoms with van der Waals surface area (Å²) in [5.41, 5.74) is 5.69. The molecule has 0 radical (unpaired) electrons. The predicted molar refractivity (Wildman–Crippen MR) is 81.4 cm³/mol. The number of nitrogens with one attached hydrogen (secondary N) is 1. The first-order chi connectivity index (χ1) is 10.1. The van der Waals surface area contributed by atoms with Crippen LogP contribution in [0.4, 0.5) is 4.39 Å². The molecule has 0 aliphatic carbocycles. The normalized spacial score (nSPS) is 10.9. The Kier molecular flexibility index (Phi) is 3.29. The molecule has 2 aromatic heterocycles. The highest BCUT2D eigenvalue weighted by Gasteiger charge is 2.14. The van der Waals surface area contributed by atoms with Crippen molar-refractivity contribution in [1.82, 2.24) is 15.2 Å². The molecule has 3 rings (SSSR count). The van der Waals surface area contributed by atoms with Crippen LogP contribution >= 0.6 is 0 Å². The SMILES string of the molecule is Cc1ccccc1-c1cnc(-c2n[nH]c(C)c2F)cc1C. The molecule has 4 heteroatoms. The van der Waals surface area contributed by atoms with Crippen LogP contribution in [0.1, 0.15) is 16.8 Å². The Labute approximate surface area is 122 Å². The van der Waals surface area contributed by atoms with Crippen LogP contribution in [-0.4, -0.2) is 15.2 Å². The number of rotatable bonds is 2. The van der Waals surface area contributed by atoms with E-state index in [0.717, 1.165) is 16.7 Å². The average molecular weight is 281 g/mol. The molecule has 0 fully saturated rings. The van der Waals surface area contributed by atoms with Crippen LogP contribution in [0.25, 0.3) is 22.5 Å². The van der Waals surface area contributed by atoms with Crippen molar-refractivity contribution < 1.29 is 4.39 Å². The molecule has 0 spiro atoms. The van der Waals surface area contributed by atoms with Crippen molar-refractivity contribution in [3.8, 4) is 22.5 Å². The molecular formula is C17H16FN3. The monoisotopic (exact) mass is 281 g/mol. The van der Waals surface area contributed by atoms with Crippen LogP contribution in [-0.2, 0) is 0 Å². The molecule has 0 saturated heterocycles. The zero-order valence-corrected chi connectivity index (χ0v) is 12.2. The highest BCUT2D eigenvalue weighted by Crippen LogP contribution is 2.29. The van der Waals surface area contributed by atoms with Gasteiger partial charge < -0.3 is 0 Å². The van der Waals surface area contributed by atoms with Crippen LogP contribution in [0, 0.1) is 26.6 Å². The van der Waals surface area contributed by atoms with Gasteiger partial charge in [-0.3, -0.25) is 10.1 Å². The summed E-state index contributed by atoms with van der Waals surface area (Å²) in [4.78, 5) is 4.38. The second-order valence-corrected chi connectivity index (χ2v) is 5.21. The fourth-order valence-corrected chi connectivity index (χ4v) is 2.43. The van der Waals surface area contributed by atoms with E-state index in [9.17, 15) is 4.39 Å². The van der Waals surface area contributed by atoms with Crippen LogP contribution in [0.3, 0.4) is 0 Å². The Bertz CT molecular complexity index is 806. The molecule has 106 valence electrons. The number of nitrogens with zero attached hydrogens (tertiary/aromatic N) is 2. The number of aromatic nitrogens is 3. The fourth-order valence-electron chi connectivity index (χ4n) is 2.43.